The molecule has 1 unspecified atom stereocenters. The normalized spacial score (nSPS) is 30.1. The smallest absolute Gasteiger partial charge is 0.0492 e. The lowest BCUT2D eigenvalue weighted by Crippen LogP contribution is -2.53. The molecule has 0 aromatic heterocycles. The molecule has 2 saturated heterocycles. The Morgan fingerprint density at radius 2 is 2.15 bits per heavy atom. The highest BCUT2D eigenvalue weighted by Gasteiger charge is 2.28. The molecule has 3 aliphatic heterocycles. The van der Waals surface area contributed by atoms with Crippen LogP contribution in [0.5, 0.6) is 0 Å². The van der Waals surface area contributed by atoms with Gasteiger partial charge in [-0.3, -0.25) is 15.3 Å². The van der Waals surface area contributed by atoms with Gasteiger partial charge >= 0.3 is 0 Å². The number of nitrogens with zero attached hydrogens (tertiary/aromatic N) is 4. The third kappa shape index (κ3) is 4.61. The fraction of sp³-hybridized carbons (Fsp3) is 0.450. The van der Waals surface area contributed by atoms with E-state index < -0.39 is 0 Å². The molecule has 0 spiro atoms. The molecule has 144 valence electrons. The van der Waals surface area contributed by atoms with Crippen LogP contribution >= 0.6 is 0 Å². The largest absolute Gasteiger partial charge is 0.369 e. The number of hydrogen-bond acceptors (Lipinski definition) is 7. The van der Waals surface area contributed by atoms with Crippen LogP contribution in [0.2, 0.25) is 0 Å². The van der Waals surface area contributed by atoms with Crippen LogP contribution in [0, 0.1) is 5.41 Å². The van der Waals surface area contributed by atoms with Crippen LogP contribution in [-0.2, 0) is 0 Å². The van der Waals surface area contributed by atoms with Crippen molar-refractivity contribution in [3.8, 4) is 0 Å². The molecule has 0 radical (unpaired) electrons. The molecule has 3 heterocycles. The highest BCUT2D eigenvalue weighted by molar-refractivity contribution is 5.86. The summed E-state index contributed by atoms with van der Waals surface area (Å²) in [4.78, 5) is 8.84. The molecule has 3 N–H and O–H groups in total. The van der Waals surface area contributed by atoms with Crippen molar-refractivity contribution < 1.29 is 0 Å². The molecular weight excluding hydrogens is 338 g/mol. The van der Waals surface area contributed by atoms with Gasteiger partial charge in [0.2, 0.25) is 0 Å². The molecule has 27 heavy (non-hydrogen) atoms. The van der Waals surface area contributed by atoms with Gasteiger partial charge in [0.15, 0.2) is 0 Å². The molecule has 7 nitrogen and oxygen atoms in total. The van der Waals surface area contributed by atoms with E-state index in [1.807, 2.05) is 6.08 Å². The lowest BCUT2D eigenvalue weighted by Gasteiger charge is -2.43. The van der Waals surface area contributed by atoms with Gasteiger partial charge in [-0.25, -0.2) is 0 Å². The molecule has 7 heteroatoms. The average molecular weight is 368 g/mol. The first-order valence-electron chi connectivity index (χ1n) is 9.50. The third-order valence-corrected chi connectivity index (χ3v) is 5.33. The Morgan fingerprint density at radius 3 is 2.89 bits per heavy atom. The number of hydrogen-bond donors (Lipinski definition) is 3. The Balaban J connectivity index is 1.81. The van der Waals surface area contributed by atoms with Crippen LogP contribution in [-0.4, -0.2) is 74.3 Å². The van der Waals surface area contributed by atoms with Crippen LogP contribution < -0.4 is 10.7 Å². The number of piperazine rings is 1. The highest BCUT2D eigenvalue weighted by Crippen LogP contribution is 2.29. The maximum atomic E-state index is 7.72. The lowest BCUT2D eigenvalue weighted by atomic mass is 9.95. The van der Waals surface area contributed by atoms with E-state index in [0.29, 0.717) is 11.6 Å². The summed E-state index contributed by atoms with van der Waals surface area (Å²) in [5, 5.41) is 15.3. The molecule has 3 rings (SSSR count). The van der Waals surface area contributed by atoms with Gasteiger partial charge in [-0.1, -0.05) is 6.58 Å². The van der Waals surface area contributed by atoms with Gasteiger partial charge in [-0.15, -0.1) is 0 Å². The second kappa shape index (κ2) is 9.43. The van der Waals surface area contributed by atoms with Crippen molar-refractivity contribution in [3.05, 3.63) is 47.5 Å². The summed E-state index contributed by atoms with van der Waals surface area (Å²) >= 11 is 0. The average Bonchev–Trinajstić information content (AvgIpc) is 2.71. The summed E-state index contributed by atoms with van der Waals surface area (Å²) in [5.41, 5.74) is 6.28. The van der Waals surface area contributed by atoms with Gasteiger partial charge in [-0.2, -0.15) is 5.10 Å². The second-order valence-electron chi connectivity index (χ2n) is 6.94. The summed E-state index contributed by atoms with van der Waals surface area (Å²) in [6.45, 7) is 14.2. The van der Waals surface area contributed by atoms with E-state index in [4.69, 9.17) is 5.41 Å². The molecule has 2 fully saturated rings. The van der Waals surface area contributed by atoms with Crippen LogP contribution in [0.3, 0.4) is 0 Å². The number of nitrogens with one attached hydrogen (secondary N) is 3. The summed E-state index contributed by atoms with van der Waals surface area (Å²) < 4.78 is 0. The van der Waals surface area contributed by atoms with Gasteiger partial charge in [0.05, 0.1) is 0 Å². The molecule has 0 bridgehead atoms. The quantitative estimate of drug-likeness (QED) is 0.644. The zero-order chi connectivity index (χ0) is 19.1. The molecule has 0 aromatic rings. The van der Waals surface area contributed by atoms with Crippen molar-refractivity contribution in [2.75, 3.05) is 39.3 Å². The minimum Gasteiger partial charge on any atom is -0.369 e. The number of hydrazone groups is 1. The highest BCUT2D eigenvalue weighted by atomic mass is 15.3. The zero-order valence-corrected chi connectivity index (χ0v) is 15.8. The zero-order valence-electron chi connectivity index (χ0n) is 15.8. The van der Waals surface area contributed by atoms with Crippen LogP contribution in [0.1, 0.15) is 12.8 Å². The summed E-state index contributed by atoms with van der Waals surface area (Å²) in [7, 11) is 0. The van der Waals surface area contributed by atoms with Gasteiger partial charge in [-0.05, 0) is 25.6 Å². The molecule has 1 atom stereocenters. The molecule has 0 aliphatic carbocycles. The Kier molecular flexibility index (Phi) is 6.73. The number of allylic oxidation sites excluding steroid dienone is 3. The Hall–Kier alpha value is -2.51. The van der Waals surface area contributed by atoms with Crippen molar-refractivity contribution in [3.63, 3.8) is 0 Å². The van der Waals surface area contributed by atoms with Crippen LogP contribution in [0.4, 0.5) is 0 Å². The standard InChI is InChI=1S/C20H29N7/c1-16-19(17(12-21)13-22-2)14-25-24-6-5-20(16)27-9-3-4-18(15-27)26-10-7-23-8-11-26/h5-6,12-14,18,21,23,25H,1-4,7-11,15H2/b17-13+,19-14+,20-5+,21-12?,24-6-. The maximum absolute atomic E-state index is 7.72. The number of aliphatic imine (C=N–C) groups is 1. The lowest BCUT2D eigenvalue weighted by molar-refractivity contribution is 0.105. The van der Waals surface area contributed by atoms with Gasteiger partial charge in [0.25, 0.3) is 0 Å². The summed E-state index contributed by atoms with van der Waals surface area (Å²) in [6.07, 6.45) is 10.8. The number of piperidine rings is 1. The predicted molar refractivity (Wildman–Crippen MR) is 112 cm³/mol. The van der Waals surface area contributed by atoms with Gasteiger partial charge in [0, 0.05) is 92.6 Å². The van der Waals surface area contributed by atoms with Gasteiger partial charge < -0.3 is 15.6 Å². The topological polar surface area (TPSA) is 79.1 Å². The summed E-state index contributed by atoms with van der Waals surface area (Å²) in [6, 6.07) is 0.565. The Labute approximate surface area is 161 Å². The first-order valence-corrected chi connectivity index (χ1v) is 9.50. The Bertz CT molecular complexity index is 695. The van der Waals surface area contributed by atoms with E-state index in [9.17, 15) is 0 Å². The van der Waals surface area contributed by atoms with Crippen molar-refractivity contribution in [2.24, 2.45) is 10.1 Å². The molecular formula is C20H29N7. The van der Waals surface area contributed by atoms with E-state index in [0.717, 1.165) is 62.5 Å². The monoisotopic (exact) mass is 367 g/mol. The van der Waals surface area contributed by atoms with E-state index in [2.05, 4.69) is 43.9 Å². The number of likely N-dealkylation sites (tertiary alicyclic amines) is 1. The van der Waals surface area contributed by atoms with E-state index >= 15 is 0 Å². The fourth-order valence-corrected chi connectivity index (χ4v) is 3.93. The fourth-order valence-electron chi connectivity index (χ4n) is 3.93. The minimum atomic E-state index is 0.565. The Morgan fingerprint density at radius 1 is 1.33 bits per heavy atom. The van der Waals surface area contributed by atoms with Gasteiger partial charge in [0.1, 0.15) is 0 Å². The first-order chi connectivity index (χ1) is 13.2. The van der Waals surface area contributed by atoms with E-state index in [-0.39, 0.29) is 0 Å². The van der Waals surface area contributed by atoms with E-state index in [1.54, 1.807) is 18.6 Å². The maximum Gasteiger partial charge on any atom is 0.0492 e. The molecule has 0 saturated carbocycles. The predicted octanol–water partition coefficient (Wildman–Crippen LogP) is 1.50. The molecule has 3 aliphatic rings. The minimum absolute atomic E-state index is 0.565. The first kappa shape index (κ1) is 19.3. The van der Waals surface area contributed by atoms with Crippen molar-refractivity contribution in [2.45, 2.75) is 18.9 Å². The van der Waals surface area contributed by atoms with Crippen LogP contribution in [0.25, 0.3) is 0 Å². The SMILES string of the molecule is C=N/C=C(C=N)/C1=C/N/N=C\C=C(\N2CCCC(N3CCNCC3)C2)C1=C. The summed E-state index contributed by atoms with van der Waals surface area (Å²) in [5.74, 6) is 0. The van der Waals surface area contributed by atoms with Crippen molar-refractivity contribution >= 4 is 19.1 Å². The van der Waals surface area contributed by atoms with E-state index in [1.165, 1.54) is 12.6 Å². The molecule has 0 amide bonds. The van der Waals surface area contributed by atoms with Crippen molar-refractivity contribution in [1.29, 1.82) is 5.41 Å². The van der Waals surface area contributed by atoms with Crippen LogP contribution in [0.15, 0.2) is 57.6 Å². The van der Waals surface area contributed by atoms with Crippen molar-refractivity contribution in [1.82, 2.24) is 20.5 Å². The third-order valence-electron chi connectivity index (χ3n) is 5.33. The molecule has 0 aromatic carbocycles. The number of rotatable bonds is 5. The second-order valence-corrected chi connectivity index (χ2v) is 6.94.